The van der Waals surface area contributed by atoms with Crippen LogP contribution in [0.15, 0.2) is 0 Å². The number of rotatable bonds is 6. The van der Waals surface area contributed by atoms with Crippen LogP contribution in [0.2, 0.25) is 0 Å². The van der Waals surface area contributed by atoms with Crippen molar-refractivity contribution < 1.29 is 4.74 Å². The van der Waals surface area contributed by atoms with Crippen molar-refractivity contribution >= 4 is 0 Å². The second-order valence-electron chi connectivity index (χ2n) is 6.15. The van der Waals surface area contributed by atoms with Crippen molar-refractivity contribution in [3.63, 3.8) is 0 Å². The fraction of sp³-hybridized carbons (Fsp3) is 1.00. The smallest absolute Gasteiger partial charge is 0.0755 e. The molecule has 0 saturated heterocycles. The zero-order chi connectivity index (χ0) is 12.3. The normalized spacial score (nSPS) is 33.4. The second-order valence-corrected chi connectivity index (χ2v) is 6.15. The van der Waals surface area contributed by atoms with Crippen LogP contribution in [0, 0.1) is 17.8 Å². The van der Waals surface area contributed by atoms with Crippen LogP contribution in [0.1, 0.15) is 52.4 Å². The van der Waals surface area contributed by atoms with Crippen molar-refractivity contribution in [2.75, 3.05) is 13.7 Å². The highest BCUT2D eigenvalue weighted by Gasteiger charge is 2.40. The Morgan fingerprint density at radius 1 is 1.18 bits per heavy atom. The maximum atomic E-state index is 5.81. The van der Waals surface area contributed by atoms with E-state index >= 15 is 0 Å². The van der Waals surface area contributed by atoms with Crippen molar-refractivity contribution in [1.29, 1.82) is 0 Å². The van der Waals surface area contributed by atoms with Crippen LogP contribution in [-0.4, -0.2) is 25.8 Å². The molecule has 0 bridgehead atoms. The summed E-state index contributed by atoms with van der Waals surface area (Å²) < 4.78 is 5.81. The first-order valence-electron chi connectivity index (χ1n) is 7.52. The first kappa shape index (κ1) is 13.4. The first-order chi connectivity index (χ1) is 8.26. The molecule has 2 rings (SSSR count). The van der Waals surface area contributed by atoms with Gasteiger partial charge in [0.1, 0.15) is 0 Å². The van der Waals surface area contributed by atoms with E-state index in [1.807, 2.05) is 7.11 Å². The van der Waals surface area contributed by atoms with Crippen molar-refractivity contribution in [2.24, 2.45) is 17.8 Å². The fourth-order valence-electron chi connectivity index (χ4n) is 3.65. The number of ether oxygens (including phenoxy) is 1. The average molecular weight is 239 g/mol. The van der Waals surface area contributed by atoms with Gasteiger partial charge < -0.3 is 10.1 Å². The summed E-state index contributed by atoms with van der Waals surface area (Å²) in [6.07, 6.45) is 8.85. The highest BCUT2D eigenvalue weighted by molar-refractivity contribution is 4.94. The van der Waals surface area contributed by atoms with E-state index in [2.05, 4.69) is 19.2 Å². The van der Waals surface area contributed by atoms with Gasteiger partial charge in [-0.3, -0.25) is 0 Å². The largest absolute Gasteiger partial charge is 0.380 e. The lowest BCUT2D eigenvalue weighted by Crippen LogP contribution is -2.48. The molecule has 100 valence electrons. The van der Waals surface area contributed by atoms with Crippen LogP contribution < -0.4 is 5.32 Å². The quantitative estimate of drug-likeness (QED) is 0.768. The molecule has 0 aromatic rings. The minimum Gasteiger partial charge on any atom is -0.380 e. The van der Waals surface area contributed by atoms with Crippen LogP contribution >= 0.6 is 0 Å². The SMILES string of the molecule is CCNC(C1CCCC(C)C1)C(OC)C1CC1. The van der Waals surface area contributed by atoms with Gasteiger partial charge in [-0.1, -0.05) is 26.7 Å². The van der Waals surface area contributed by atoms with E-state index in [0.717, 1.165) is 24.3 Å². The molecule has 0 radical (unpaired) electrons. The summed E-state index contributed by atoms with van der Waals surface area (Å²) >= 11 is 0. The molecule has 0 aromatic heterocycles. The Morgan fingerprint density at radius 2 is 1.94 bits per heavy atom. The molecular formula is C15H29NO. The summed E-state index contributed by atoms with van der Waals surface area (Å²) in [6.45, 7) is 5.70. The lowest BCUT2D eigenvalue weighted by molar-refractivity contribution is 0.0206. The molecule has 0 amide bonds. The van der Waals surface area contributed by atoms with E-state index in [9.17, 15) is 0 Å². The lowest BCUT2D eigenvalue weighted by atomic mass is 9.76. The Morgan fingerprint density at radius 3 is 2.47 bits per heavy atom. The second kappa shape index (κ2) is 6.19. The predicted octanol–water partition coefficient (Wildman–Crippen LogP) is 3.22. The number of methoxy groups -OCH3 is 1. The maximum absolute atomic E-state index is 5.81. The third-order valence-corrected chi connectivity index (χ3v) is 4.64. The molecule has 4 atom stereocenters. The van der Waals surface area contributed by atoms with E-state index in [4.69, 9.17) is 4.74 Å². The third-order valence-electron chi connectivity index (χ3n) is 4.64. The summed E-state index contributed by atoms with van der Waals surface area (Å²) in [4.78, 5) is 0. The van der Waals surface area contributed by atoms with Gasteiger partial charge in [-0.05, 0) is 50.0 Å². The highest BCUT2D eigenvalue weighted by atomic mass is 16.5. The zero-order valence-corrected chi connectivity index (χ0v) is 11.7. The molecule has 0 heterocycles. The Kier molecular flexibility index (Phi) is 4.87. The van der Waals surface area contributed by atoms with Crippen molar-refractivity contribution in [3.8, 4) is 0 Å². The first-order valence-corrected chi connectivity index (χ1v) is 7.52. The van der Waals surface area contributed by atoms with E-state index in [1.165, 1.54) is 38.5 Å². The molecule has 2 aliphatic rings. The number of nitrogens with one attached hydrogen (secondary N) is 1. The van der Waals surface area contributed by atoms with Gasteiger partial charge in [0.2, 0.25) is 0 Å². The number of hydrogen-bond donors (Lipinski definition) is 1. The maximum Gasteiger partial charge on any atom is 0.0755 e. The molecule has 2 aliphatic carbocycles. The van der Waals surface area contributed by atoms with Gasteiger partial charge in [0.15, 0.2) is 0 Å². The zero-order valence-electron chi connectivity index (χ0n) is 11.7. The van der Waals surface area contributed by atoms with Crippen molar-refractivity contribution in [3.05, 3.63) is 0 Å². The molecule has 2 nitrogen and oxygen atoms in total. The van der Waals surface area contributed by atoms with Crippen molar-refractivity contribution in [1.82, 2.24) is 5.32 Å². The fourth-order valence-corrected chi connectivity index (χ4v) is 3.65. The van der Waals surface area contributed by atoms with Gasteiger partial charge in [-0.25, -0.2) is 0 Å². The van der Waals surface area contributed by atoms with Crippen LogP contribution in [-0.2, 0) is 4.74 Å². The van der Waals surface area contributed by atoms with Gasteiger partial charge in [0.25, 0.3) is 0 Å². The van der Waals surface area contributed by atoms with Crippen LogP contribution in [0.25, 0.3) is 0 Å². The highest BCUT2D eigenvalue weighted by Crippen LogP contribution is 2.40. The molecule has 2 heteroatoms. The molecule has 17 heavy (non-hydrogen) atoms. The summed E-state index contributed by atoms with van der Waals surface area (Å²) in [5.74, 6) is 2.58. The summed E-state index contributed by atoms with van der Waals surface area (Å²) in [5.41, 5.74) is 0. The Hall–Kier alpha value is -0.0800. The topological polar surface area (TPSA) is 21.3 Å². The summed E-state index contributed by atoms with van der Waals surface area (Å²) in [5, 5.41) is 3.72. The van der Waals surface area contributed by atoms with Gasteiger partial charge in [0, 0.05) is 13.2 Å². The number of likely N-dealkylation sites (N-methyl/N-ethyl adjacent to an activating group) is 1. The van der Waals surface area contributed by atoms with Crippen molar-refractivity contribution in [2.45, 2.75) is 64.5 Å². The van der Waals surface area contributed by atoms with Gasteiger partial charge in [-0.2, -0.15) is 0 Å². The Bertz CT molecular complexity index is 227. The predicted molar refractivity (Wildman–Crippen MR) is 72.1 cm³/mol. The van der Waals surface area contributed by atoms with Crippen LogP contribution in [0.5, 0.6) is 0 Å². The lowest BCUT2D eigenvalue weighted by Gasteiger charge is -2.38. The minimum absolute atomic E-state index is 0.463. The third kappa shape index (κ3) is 3.45. The summed E-state index contributed by atoms with van der Waals surface area (Å²) in [6, 6.07) is 0.597. The standard InChI is InChI=1S/C15H29NO/c1-4-16-14(15(17-3)12-8-9-12)13-7-5-6-11(2)10-13/h11-16H,4-10H2,1-3H3. The Balaban J connectivity index is 1.98. The van der Waals surface area contributed by atoms with E-state index in [0.29, 0.717) is 12.1 Å². The van der Waals surface area contributed by atoms with E-state index in [-0.39, 0.29) is 0 Å². The molecule has 2 saturated carbocycles. The van der Waals surface area contributed by atoms with E-state index in [1.54, 1.807) is 0 Å². The number of hydrogen-bond acceptors (Lipinski definition) is 2. The van der Waals surface area contributed by atoms with Gasteiger partial charge >= 0.3 is 0 Å². The molecule has 0 aliphatic heterocycles. The summed E-state index contributed by atoms with van der Waals surface area (Å²) in [7, 11) is 1.90. The molecular weight excluding hydrogens is 210 g/mol. The minimum atomic E-state index is 0.463. The van der Waals surface area contributed by atoms with Gasteiger partial charge in [-0.15, -0.1) is 0 Å². The van der Waals surface area contributed by atoms with E-state index < -0.39 is 0 Å². The molecule has 0 spiro atoms. The average Bonchev–Trinajstić information content (AvgIpc) is 3.13. The monoisotopic (exact) mass is 239 g/mol. The van der Waals surface area contributed by atoms with Crippen LogP contribution in [0.4, 0.5) is 0 Å². The molecule has 0 aromatic carbocycles. The molecule has 4 unspecified atom stereocenters. The molecule has 1 N–H and O–H groups in total. The van der Waals surface area contributed by atoms with Crippen LogP contribution in [0.3, 0.4) is 0 Å². The van der Waals surface area contributed by atoms with Gasteiger partial charge in [0.05, 0.1) is 6.10 Å². The Labute approximate surface area is 107 Å². The molecule has 2 fully saturated rings.